The molecule has 2 rings (SSSR count). The normalized spacial score (nSPS) is 28.6. The third kappa shape index (κ3) is 5.17. The molecule has 1 saturated carbocycles. The molecule has 2 fully saturated rings. The molecule has 2 aliphatic rings. The van der Waals surface area contributed by atoms with Crippen LogP contribution < -0.4 is 5.32 Å². The second-order valence-corrected chi connectivity index (χ2v) is 7.50. The molecule has 0 radical (unpaired) electrons. The van der Waals surface area contributed by atoms with Gasteiger partial charge in [-0.15, -0.1) is 0 Å². The minimum absolute atomic E-state index is 0.123. The van der Waals surface area contributed by atoms with Crippen molar-refractivity contribution in [2.24, 2.45) is 0 Å². The van der Waals surface area contributed by atoms with Crippen LogP contribution in [-0.4, -0.2) is 41.8 Å². The highest BCUT2D eigenvalue weighted by Crippen LogP contribution is 2.26. The highest BCUT2D eigenvalue weighted by molar-refractivity contribution is 5.68. The highest BCUT2D eigenvalue weighted by atomic mass is 16.6. The molecule has 21 heavy (non-hydrogen) atoms. The molecule has 1 saturated heterocycles. The Kier molecular flexibility index (Phi) is 5.91. The molecule has 0 aromatic heterocycles. The van der Waals surface area contributed by atoms with Crippen molar-refractivity contribution in [3.05, 3.63) is 0 Å². The van der Waals surface area contributed by atoms with Crippen LogP contribution >= 0.6 is 0 Å². The van der Waals surface area contributed by atoms with Crippen LogP contribution in [0.5, 0.6) is 0 Å². The third-order valence-corrected chi connectivity index (χ3v) is 4.49. The smallest absolute Gasteiger partial charge is 0.410 e. The summed E-state index contributed by atoms with van der Waals surface area (Å²) in [6.45, 7) is 7.77. The van der Waals surface area contributed by atoms with E-state index in [-0.39, 0.29) is 6.09 Å². The van der Waals surface area contributed by atoms with Gasteiger partial charge in [0, 0.05) is 12.6 Å². The van der Waals surface area contributed by atoms with Gasteiger partial charge >= 0.3 is 6.09 Å². The van der Waals surface area contributed by atoms with Crippen molar-refractivity contribution in [1.29, 1.82) is 0 Å². The lowest BCUT2D eigenvalue weighted by molar-refractivity contribution is 0.00667. The summed E-state index contributed by atoms with van der Waals surface area (Å²) in [6.07, 6.45) is 9.49. The van der Waals surface area contributed by atoms with Gasteiger partial charge in [0.05, 0.1) is 6.04 Å². The van der Waals surface area contributed by atoms with E-state index in [0.29, 0.717) is 12.1 Å². The first-order valence-corrected chi connectivity index (χ1v) is 8.70. The fraction of sp³-hybridized carbons (Fsp3) is 0.941. The standard InChI is InChI=1S/C17H32N2O2/c1-17(2,3)21-16(20)19-13-9-5-4-8-12-18-14-10-6-7-11-15(14)19/h14-15,18H,4-13H2,1-3H3. The van der Waals surface area contributed by atoms with Gasteiger partial charge in [0.1, 0.15) is 5.60 Å². The molecule has 1 aliphatic heterocycles. The summed E-state index contributed by atoms with van der Waals surface area (Å²) in [5.74, 6) is 0. The van der Waals surface area contributed by atoms with E-state index in [9.17, 15) is 4.79 Å². The van der Waals surface area contributed by atoms with Crippen molar-refractivity contribution in [3.8, 4) is 0 Å². The van der Waals surface area contributed by atoms with Gasteiger partial charge in [-0.05, 0) is 53.0 Å². The van der Waals surface area contributed by atoms with Crippen molar-refractivity contribution in [1.82, 2.24) is 10.2 Å². The van der Waals surface area contributed by atoms with Crippen LogP contribution in [0.1, 0.15) is 72.1 Å². The molecule has 2 unspecified atom stereocenters. The van der Waals surface area contributed by atoms with Crippen molar-refractivity contribution >= 4 is 6.09 Å². The van der Waals surface area contributed by atoms with Gasteiger partial charge in [-0.3, -0.25) is 0 Å². The molecule has 4 heteroatoms. The predicted octanol–water partition coefficient (Wildman–Crippen LogP) is 3.70. The lowest BCUT2D eigenvalue weighted by Crippen LogP contribution is -2.55. The van der Waals surface area contributed by atoms with Crippen LogP contribution in [0.2, 0.25) is 0 Å². The van der Waals surface area contributed by atoms with Crippen molar-refractivity contribution in [3.63, 3.8) is 0 Å². The first-order valence-electron chi connectivity index (χ1n) is 8.70. The fourth-order valence-corrected chi connectivity index (χ4v) is 3.48. The zero-order chi connectivity index (χ0) is 15.3. The molecule has 4 nitrogen and oxygen atoms in total. The zero-order valence-corrected chi connectivity index (χ0v) is 14.0. The Balaban J connectivity index is 2.09. The number of nitrogens with one attached hydrogen (secondary N) is 1. The number of carbonyl (C=O) groups is 1. The first-order chi connectivity index (χ1) is 9.97. The number of rotatable bonds is 0. The van der Waals surface area contributed by atoms with Crippen LogP contribution in [-0.2, 0) is 4.74 Å². The predicted molar refractivity (Wildman–Crippen MR) is 85.5 cm³/mol. The van der Waals surface area contributed by atoms with Gasteiger partial charge in [0.25, 0.3) is 0 Å². The maximum absolute atomic E-state index is 12.6. The molecule has 122 valence electrons. The quantitative estimate of drug-likeness (QED) is 0.741. The fourth-order valence-electron chi connectivity index (χ4n) is 3.48. The Bertz CT molecular complexity index is 338. The average Bonchev–Trinajstić information content (AvgIpc) is 2.41. The molecule has 0 bridgehead atoms. The second kappa shape index (κ2) is 7.48. The van der Waals surface area contributed by atoms with E-state index in [0.717, 1.165) is 25.9 Å². The van der Waals surface area contributed by atoms with Gasteiger partial charge in [0.2, 0.25) is 0 Å². The summed E-state index contributed by atoms with van der Waals surface area (Å²) < 4.78 is 5.65. The Labute approximate surface area is 129 Å². The van der Waals surface area contributed by atoms with Crippen LogP contribution in [0.3, 0.4) is 0 Å². The topological polar surface area (TPSA) is 41.6 Å². The van der Waals surface area contributed by atoms with Gasteiger partial charge in [0.15, 0.2) is 0 Å². The molecule has 1 aliphatic carbocycles. The summed E-state index contributed by atoms with van der Waals surface area (Å²) in [5.41, 5.74) is -0.413. The SMILES string of the molecule is CC(C)(C)OC(=O)N1CCCCCCNC2CCCCC21. The number of ether oxygens (including phenoxy) is 1. The number of hydrogen-bond donors (Lipinski definition) is 1. The van der Waals surface area contributed by atoms with E-state index in [1.807, 2.05) is 25.7 Å². The maximum atomic E-state index is 12.6. The van der Waals surface area contributed by atoms with Crippen molar-refractivity contribution in [2.45, 2.75) is 89.8 Å². The lowest BCUT2D eigenvalue weighted by atomic mass is 9.88. The van der Waals surface area contributed by atoms with E-state index in [4.69, 9.17) is 4.74 Å². The zero-order valence-electron chi connectivity index (χ0n) is 14.0. The molecule has 0 aromatic carbocycles. The highest BCUT2D eigenvalue weighted by Gasteiger charge is 2.34. The molecular weight excluding hydrogens is 264 g/mol. The third-order valence-electron chi connectivity index (χ3n) is 4.49. The lowest BCUT2D eigenvalue weighted by Gasteiger charge is -2.41. The molecule has 2 atom stereocenters. The number of amides is 1. The Morgan fingerprint density at radius 1 is 1.05 bits per heavy atom. The Morgan fingerprint density at radius 2 is 1.76 bits per heavy atom. The molecule has 1 N–H and O–H groups in total. The molecule has 1 heterocycles. The van der Waals surface area contributed by atoms with Gasteiger partial charge < -0.3 is 15.0 Å². The number of carbonyl (C=O) groups excluding carboxylic acids is 1. The van der Waals surface area contributed by atoms with E-state index in [2.05, 4.69) is 5.32 Å². The average molecular weight is 296 g/mol. The van der Waals surface area contributed by atoms with Gasteiger partial charge in [-0.25, -0.2) is 4.79 Å². The first kappa shape index (κ1) is 16.6. The minimum Gasteiger partial charge on any atom is -0.444 e. The van der Waals surface area contributed by atoms with E-state index >= 15 is 0 Å². The van der Waals surface area contributed by atoms with Gasteiger partial charge in [-0.1, -0.05) is 25.7 Å². The van der Waals surface area contributed by atoms with Crippen LogP contribution in [0.4, 0.5) is 4.79 Å². The summed E-state index contributed by atoms with van der Waals surface area (Å²) in [5, 5.41) is 3.69. The number of fused-ring (bicyclic) bond motifs is 1. The molecule has 0 aromatic rings. The van der Waals surface area contributed by atoms with Crippen LogP contribution in [0, 0.1) is 0 Å². The number of hydrogen-bond acceptors (Lipinski definition) is 3. The molecular formula is C17H32N2O2. The summed E-state index contributed by atoms with van der Waals surface area (Å²) >= 11 is 0. The van der Waals surface area contributed by atoms with Gasteiger partial charge in [-0.2, -0.15) is 0 Å². The van der Waals surface area contributed by atoms with E-state index in [1.54, 1.807) is 0 Å². The largest absolute Gasteiger partial charge is 0.444 e. The Hall–Kier alpha value is -0.770. The van der Waals surface area contributed by atoms with E-state index < -0.39 is 5.60 Å². The molecule has 1 amide bonds. The summed E-state index contributed by atoms with van der Waals surface area (Å²) in [4.78, 5) is 14.6. The number of nitrogens with zero attached hydrogens (tertiary/aromatic N) is 1. The van der Waals surface area contributed by atoms with Crippen LogP contribution in [0.25, 0.3) is 0 Å². The summed E-state index contributed by atoms with van der Waals surface area (Å²) in [7, 11) is 0. The van der Waals surface area contributed by atoms with Crippen molar-refractivity contribution < 1.29 is 9.53 Å². The Morgan fingerprint density at radius 3 is 2.52 bits per heavy atom. The van der Waals surface area contributed by atoms with E-state index in [1.165, 1.54) is 38.5 Å². The molecule has 0 spiro atoms. The monoisotopic (exact) mass is 296 g/mol. The second-order valence-electron chi connectivity index (χ2n) is 7.50. The van der Waals surface area contributed by atoms with Crippen LogP contribution in [0.15, 0.2) is 0 Å². The maximum Gasteiger partial charge on any atom is 0.410 e. The summed E-state index contributed by atoms with van der Waals surface area (Å²) in [6, 6.07) is 0.760. The minimum atomic E-state index is -0.413. The van der Waals surface area contributed by atoms with Crippen molar-refractivity contribution in [2.75, 3.05) is 13.1 Å².